The number of benzene rings is 1. The van der Waals surface area contributed by atoms with Gasteiger partial charge in [0.1, 0.15) is 5.75 Å². The van der Waals surface area contributed by atoms with Gasteiger partial charge in [-0.05, 0) is 47.2 Å². The van der Waals surface area contributed by atoms with Gasteiger partial charge in [-0.1, -0.05) is 0 Å². The van der Waals surface area contributed by atoms with E-state index in [9.17, 15) is 5.11 Å². The Morgan fingerprint density at radius 1 is 1.35 bits per heavy atom. The van der Waals surface area contributed by atoms with Gasteiger partial charge in [-0.2, -0.15) is 0 Å². The molecule has 1 aromatic carbocycles. The molecule has 6 heteroatoms. The van der Waals surface area contributed by atoms with Crippen LogP contribution in [0.25, 0.3) is 0 Å². The van der Waals surface area contributed by atoms with E-state index in [0.29, 0.717) is 12.3 Å². The quantitative estimate of drug-likeness (QED) is 0.575. The van der Waals surface area contributed by atoms with Crippen molar-refractivity contribution in [2.45, 2.75) is 13.5 Å². The minimum absolute atomic E-state index is 0. The Morgan fingerprint density at radius 3 is 2.75 bits per heavy atom. The summed E-state index contributed by atoms with van der Waals surface area (Å²) in [6.07, 6.45) is 0. The molecule has 1 saturated heterocycles. The van der Waals surface area contributed by atoms with Crippen molar-refractivity contribution in [3.05, 3.63) is 26.8 Å². The Morgan fingerprint density at radius 2 is 2.05 bits per heavy atom. The molecular formula is C14H22ClIN2O2. The number of halogens is 2. The minimum Gasteiger partial charge on any atom is -0.507 e. The molecule has 1 fully saturated rings. The zero-order valence-electron chi connectivity index (χ0n) is 11.7. The first kappa shape index (κ1) is 18.0. The van der Waals surface area contributed by atoms with Crippen LogP contribution in [0.3, 0.4) is 0 Å². The molecule has 2 rings (SSSR count). The van der Waals surface area contributed by atoms with E-state index in [4.69, 9.17) is 4.74 Å². The van der Waals surface area contributed by atoms with Crippen molar-refractivity contribution in [3.63, 3.8) is 0 Å². The van der Waals surface area contributed by atoms with Crippen LogP contribution in [0.2, 0.25) is 0 Å². The fraction of sp³-hybridized carbons (Fsp3) is 0.571. The first-order chi connectivity index (χ1) is 9.16. The van der Waals surface area contributed by atoms with Crippen molar-refractivity contribution in [1.82, 2.24) is 10.2 Å². The first-order valence-electron chi connectivity index (χ1n) is 6.65. The van der Waals surface area contributed by atoms with Crippen LogP contribution in [0.4, 0.5) is 0 Å². The fourth-order valence-electron chi connectivity index (χ4n) is 2.22. The number of aromatic hydroxyl groups is 1. The molecule has 0 bridgehead atoms. The lowest BCUT2D eigenvalue weighted by atomic mass is 10.1. The predicted molar refractivity (Wildman–Crippen MR) is 91.8 cm³/mol. The topological polar surface area (TPSA) is 44.7 Å². The Bertz CT molecular complexity index is 426. The zero-order chi connectivity index (χ0) is 13.7. The largest absolute Gasteiger partial charge is 0.507 e. The Labute approximate surface area is 140 Å². The summed E-state index contributed by atoms with van der Waals surface area (Å²) in [5, 5.41) is 13.4. The van der Waals surface area contributed by atoms with E-state index in [1.54, 1.807) is 0 Å². The van der Waals surface area contributed by atoms with Crippen molar-refractivity contribution in [3.8, 4) is 5.75 Å². The van der Waals surface area contributed by atoms with Crippen molar-refractivity contribution in [1.29, 1.82) is 0 Å². The highest BCUT2D eigenvalue weighted by molar-refractivity contribution is 14.1. The number of morpholine rings is 1. The van der Waals surface area contributed by atoms with Gasteiger partial charge < -0.3 is 15.2 Å². The van der Waals surface area contributed by atoms with Crippen molar-refractivity contribution >= 4 is 35.0 Å². The minimum atomic E-state index is 0. The number of ether oxygens (including phenoxy) is 1. The molecule has 0 aromatic heterocycles. The molecule has 1 aromatic rings. The maximum absolute atomic E-state index is 10.00. The second-order valence-corrected chi connectivity index (χ2v) is 6.11. The molecule has 1 heterocycles. The van der Waals surface area contributed by atoms with Crippen LogP contribution in [0.15, 0.2) is 12.1 Å². The third kappa shape index (κ3) is 5.37. The van der Waals surface area contributed by atoms with E-state index < -0.39 is 0 Å². The van der Waals surface area contributed by atoms with E-state index in [1.807, 2.05) is 19.1 Å². The summed E-state index contributed by atoms with van der Waals surface area (Å²) in [7, 11) is 0. The van der Waals surface area contributed by atoms with Gasteiger partial charge in [0.2, 0.25) is 0 Å². The van der Waals surface area contributed by atoms with Gasteiger partial charge in [-0.25, -0.2) is 0 Å². The maximum atomic E-state index is 10.00. The Kier molecular flexibility index (Phi) is 8.13. The first-order valence-corrected chi connectivity index (χ1v) is 7.73. The number of hydrogen-bond acceptors (Lipinski definition) is 4. The zero-order valence-corrected chi connectivity index (χ0v) is 14.7. The molecule has 1 aliphatic rings. The van der Waals surface area contributed by atoms with Gasteiger partial charge in [-0.15, -0.1) is 12.4 Å². The number of aryl methyl sites for hydroxylation is 1. The highest BCUT2D eigenvalue weighted by atomic mass is 127. The molecule has 0 amide bonds. The van der Waals surface area contributed by atoms with Crippen LogP contribution in [-0.2, 0) is 11.3 Å². The third-order valence-electron chi connectivity index (χ3n) is 3.37. The molecule has 0 aliphatic carbocycles. The lowest BCUT2D eigenvalue weighted by Gasteiger charge is -2.26. The smallest absolute Gasteiger partial charge is 0.123 e. The Balaban J connectivity index is 0.00000200. The molecule has 0 spiro atoms. The average molecular weight is 413 g/mol. The van der Waals surface area contributed by atoms with E-state index >= 15 is 0 Å². The van der Waals surface area contributed by atoms with Gasteiger partial charge >= 0.3 is 0 Å². The summed E-state index contributed by atoms with van der Waals surface area (Å²) in [6.45, 7) is 8.36. The van der Waals surface area contributed by atoms with Crippen molar-refractivity contribution in [2.75, 3.05) is 39.4 Å². The fourth-order valence-corrected chi connectivity index (χ4v) is 3.07. The number of hydrogen-bond donors (Lipinski definition) is 2. The number of rotatable bonds is 5. The van der Waals surface area contributed by atoms with Crippen LogP contribution in [-0.4, -0.2) is 49.4 Å². The summed E-state index contributed by atoms with van der Waals surface area (Å²) in [6, 6.07) is 4.03. The van der Waals surface area contributed by atoms with E-state index in [1.165, 1.54) is 0 Å². The molecule has 20 heavy (non-hydrogen) atoms. The SMILES string of the molecule is Cc1cc(I)cc(CNCCN2CCOCC2)c1O.Cl. The van der Waals surface area contributed by atoms with Gasteiger partial charge in [0.05, 0.1) is 13.2 Å². The standard InChI is InChI=1S/C14H21IN2O2.ClH/c1-11-8-13(15)9-12(14(11)18)10-16-2-3-17-4-6-19-7-5-17;/h8-9,16,18H,2-7,10H2,1H3;1H. The summed E-state index contributed by atoms with van der Waals surface area (Å²) in [4.78, 5) is 2.40. The number of phenols is 1. The number of phenolic OH excluding ortho intramolecular Hbond substituents is 1. The van der Waals surface area contributed by atoms with Crippen LogP contribution in [0.1, 0.15) is 11.1 Å². The number of nitrogens with zero attached hydrogens (tertiary/aromatic N) is 1. The number of nitrogens with one attached hydrogen (secondary N) is 1. The molecule has 1 aliphatic heterocycles. The lowest BCUT2D eigenvalue weighted by Crippen LogP contribution is -2.40. The maximum Gasteiger partial charge on any atom is 0.123 e. The molecule has 114 valence electrons. The summed E-state index contributed by atoms with van der Waals surface area (Å²) in [5.74, 6) is 0.416. The van der Waals surface area contributed by atoms with Crippen molar-refractivity contribution in [2.24, 2.45) is 0 Å². The van der Waals surface area contributed by atoms with Crippen LogP contribution in [0, 0.1) is 10.5 Å². The van der Waals surface area contributed by atoms with Gasteiger partial charge in [-0.3, -0.25) is 4.90 Å². The lowest BCUT2D eigenvalue weighted by molar-refractivity contribution is 0.0384. The van der Waals surface area contributed by atoms with Crippen LogP contribution >= 0.6 is 35.0 Å². The normalized spacial score (nSPS) is 15.9. The molecule has 0 atom stereocenters. The molecule has 0 unspecified atom stereocenters. The second kappa shape index (κ2) is 9.04. The molecule has 0 radical (unpaired) electrons. The highest BCUT2D eigenvalue weighted by Gasteiger charge is 2.10. The van der Waals surface area contributed by atoms with Gasteiger partial charge in [0.25, 0.3) is 0 Å². The summed E-state index contributed by atoms with van der Waals surface area (Å²) < 4.78 is 6.49. The molecule has 0 saturated carbocycles. The van der Waals surface area contributed by atoms with Crippen molar-refractivity contribution < 1.29 is 9.84 Å². The van der Waals surface area contributed by atoms with Gasteiger partial charge in [0, 0.05) is 41.9 Å². The third-order valence-corrected chi connectivity index (χ3v) is 3.99. The molecular weight excluding hydrogens is 391 g/mol. The summed E-state index contributed by atoms with van der Waals surface area (Å²) in [5.41, 5.74) is 1.92. The van der Waals surface area contributed by atoms with E-state index in [2.05, 4.69) is 32.8 Å². The van der Waals surface area contributed by atoms with E-state index in [-0.39, 0.29) is 12.4 Å². The van der Waals surface area contributed by atoms with Crippen LogP contribution < -0.4 is 5.32 Å². The average Bonchev–Trinajstić information content (AvgIpc) is 2.41. The summed E-state index contributed by atoms with van der Waals surface area (Å²) >= 11 is 2.28. The monoisotopic (exact) mass is 412 g/mol. The van der Waals surface area contributed by atoms with E-state index in [0.717, 1.165) is 54.1 Å². The van der Waals surface area contributed by atoms with Crippen LogP contribution in [0.5, 0.6) is 5.75 Å². The predicted octanol–water partition coefficient (Wildman–Crippen LogP) is 2.15. The second-order valence-electron chi connectivity index (χ2n) is 4.86. The molecule has 4 nitrogen and oxygen atoms in total. The van der Waals surface area contributed by atoms with Gasteiger partial charge in [0.15, 0.2) is 0 Å². The molecule has 2 N–H and O–H groups in total. The Hall–Kier alpha value is -0.0800. The highest BCUT2D eigenvalue weighted by Crippen LogP contribution is 2.24.